The zero-order valence-electron chi connectivity index (χ0n) is 14.3. The van der Waals surface area contributed by atoms with Crippen molar-refractivity contribution >= 4 is 51.3 Å². The van der Waals surface area contributed by atoms with Crippen LogP contribution < -0.4 is 4.90 Å². The lowest BCUT2D eigenvalue weighted by atomic mass is 10.1. The molecular weight excluding hydrogens is 376 g/mol. The van der Waals surface area contributed by atoms with Crippen LogP contribution in [0.3, 0.4) is 0 Å². The van der Waals surface area contributed by atoms with E-state index in [1.807, 2.05) is 72.1 Å². The second kappa shape index (κ2) is 7.90. The molecule has 1 aromatic heterocycles. The summed E-state index contributed by atoms with van der Waals surface area (Å²) in [5.41, 5.74) is 1.54. The van der Waals surface area contributed by atoms with Crippen molar-refractivity contribution in [2.45, 2.75) is 11.7 Å². The highest BCUT2D eigenvalue weighted by molar-refractivity contribution is 8.16. The quantitative estimate of drug-likeness (QED) is 0.564. The van der Waals surface area contributed by atoms with Crippen molar-refractivity contribution in [2.75, 3.05) is 4.90 Å². The van der Waals surface area contributed by atoms with Gasteiger partial charge in [-0.3, -0.25) is 14.5 Å². The minimum atomic E-state index is -0.470. The number of ketones is 1. The van der Waals surface area contributed by atoms with Crippen LogP contribution >= 0.6 is 23.1 Å². The fourth-order valence-corrected chi connectivity index (χ4v) is 4.64. The number of carbonyl (C=O) groups is 2. The van der Waals surface area contributed by atoms with E-state index in [4.69, 9.17) is 0 Å². The summed E-state index contributed by atoms with van der Waals surface area (Å²) in [6, 6.07) is 22.6. The zero-order valence-corrected chi connectivity index (χ0v) is 16.0. The molecule has 27 heavy (non-hydrogen) atoms. The van der Waals surface area contributed by atoms with Crippen molar-refractivity contribution in [3.63, 3.8) is 0 Å². The first-order valence-corrected chi connectivity index (χ1v) is 10.2. The SMILES string of the molecule is O=C(CC1SC(=Nc2ccccc2)N(c2ccccc2)C1=O)c1cccs1. The number of rotatable bonds is 5. The molecular formula is C21H16N2O2S2. The number of Topliss-reactive ketones (excluding diaryl/α,β-unsaturated/α-hetero) is 1. The predicted octanol–water partition coefficient (Wildman–Crippen LogP) is 5.16. The van der Waals surface area contributed by atoms with E-state index in [1.165, 1.54) is 23.1 Å². The normalized spacial score (nSPS) is 18.2. The molecule has 1 amide bonds. The third-order valence-corrected chi connectivity index (χ3v) is 6.15. The van der Waals surface area contributed by atoms with Crippen molar-refractivity contribution in [1.82, 2.24) is 0 Å². The number of hydrogen-bond acceptors (Lipinski definition) is 5. The van der Waals surface area contributed by atoms with Gasteiger partial charge in [0.05, 0.1) is 21.5 Å². The van der Waals surface area contributed by atoms with E-state index in [2.05, 4.69) is 4.99 Å². The Balaban J connectivity index is 1.65. The predicted molar refractivity (Wildman–Crippen MR) is 112 cm³/mol. The van der Waals surface area contributed by atoms with Crippen molar-refractivity contribution < 1.29 is 9.59 Å². The lowest BCUT2D eigenvalue weighted by Gasteiger charge is -2.16. The summed E-state index contributed by atoms with van der Waals surface area (Å²) in [7, 11) is 0. The Kier molecular flexibility index (Phi) is 5.18. The van der Waals surface area contributed by atoms with E-state index >= 15 is 0 Å². The van der Waals surface area contributed by atoms with Crippen LogP contribution in [0.4, 0.5) is 11.4 Å². The summed E-state index contributed by atoms with van der Waals surface area (Å²) in [5.74, 6) is -0.115. The Bertz CT molecular complexity index is 970. The average molecular weight is 393 g/mol. The smallest absolute Gasteiger partial charge is 0.247 e. The maximum absolute atomic E-state index is 13.1. The molecule has 4 rings (SSSR count). The highest BCUT2D eigenvalue weighted by atomic mass is 32.2. The number of para-hydroxylation sites is 2. The zero-order chi connectivity index (χ0) is 18.6. The number of anilines is 1. The standard InChI is InChI=1S/C21H16N2O2S2/c24-17(18-12-7-13-26-18)14-19-20(25)23(16-10-5-2-6-11-16)21(27-19)22-15-8-3-1-4-9-15/h1-13,19H,14H2. The second-order valence-corrected chi connectivity index (χ2v) is 8.07. The number of amidine groups is 1. The Morgan fingerprint density at radius 3 is 2.33 bits per heavy atom. The summed E-state index contributed by atoms with van der Waals surface area (Å²) < 4.78 is 0. The van der Waals surface area contributed by atoms with Crippen LogP contribution in [0, 0.1) is 0 Å². The van der Waals surface area contributed by atoms with Crippen molar-refractivity contribution in [1.29, 1.82) is 0 Å². The largest absolute Gasteiger partial charge is 0.293 e. The van der Waals surface area contributed by atoms with E-state index in [1.54, 1.807) is 11.0 Å². The van der Waals surface area contributed by atoms with Crippen LogP contribution in [0.2, 0.25) is 0 Å². The number of amides is 1. The molecule has 6 heteroatoms. The van der Waals surface area contributed by atoms with Crippen LogP contribution in [0.25, 0.3) is 0 Å². The average Bonchev–Trinajstić information content (AvgIpc) is 3.33. The Morgan fingerprint density at radius 1 is 0.963 bits per heavy atom. The topological polar surface area (TPSA) is 49.7 Å². The molecule has 1 aliphatic rings. The van der Waals surface area contributed by atoms with Gasteiger partial charge in [0.25, 0.3) is 0 Å². The third kappa shape index (κ3) is 3.86. The van der Waals surface area contributed by atoms with Gasteiger partial charge in [-0.1, -0.05) is 54.2 Å². The molecule has 134 valence electrons. The highest BCUT2D eigenvalue weighted by Crippen LogP contribution is 2.35. The fourth-order valence-electron chi connectivity index (χ4n) is 2.81. The minimum Gasteiger partial charge on any atom is -0.293 e. The number of nitrogens with zero attached hydrogens (tertiary/aromatic N) is 2. The van der Waals surface area contributed by atoms with Gasteiger partial charge < -0.3 is 0 Å². The fraction of sp³-hybridized carbons (Fsp3) is 0.0952. The molecule has 2 aromatic carbocycles. The van der Waals surface area contributed by atoms with Crippen LogP contribution in [-0.4, -0.2) is 22.1 Å². The van der Waals surface area contributed by atoms with Crippen molar-refractivity contribution in [3.05, 3.63) is 83.1 Å². The summed E-state index contributed by atoms with van der Waals surface area (Å²) in [6.45, 7) is 0. The van der Waals surface area contributed by atoms with E-state index in [9.17, 15) is 9.59 Å². The van der Waals surface area contributed by atoms with Gasteiger partial charge in [0.2, 0.25) is 5.91 Å². The monoisotopic (exact) mass is 392 g/mol. The summed E-state index contributed by atoms with van der Waals surface area (Å²) in [4.78, 5) is 32.6. The van der Waals surface area contributed by atoms with Crippen LogP contribution in [0.1, 0.15) is 16.1 Å². The molecule has 1 atom stereocenters. The molecule has 0 bridgehead atoms. The van der Waals surface area contributed by atoms with Gasteiger partial charge in [-0.2, -0.15) is 0 Å². The lowest BCUT2D eigenvalue weighted by molar-refractivity contribution is -0.116. The number of aliphatic imine (C=N–C) groups is 1. The first-order valence-electron chi connectivity index (χ1n) is 8.48. The molecule has 1 unspecified atom stereocenters. The van der Waals surface area contributed by atoms with Gasteiger partial charge in [0.15, 0.2) is 11.0 Å². The van der Waals surface area contributed by atoms with Gasteiger partial charge in [-0.05, 0) is 35.7 Å². The number of carbonyl (C=O) groups excluding carboxylic acids is 2. The molecule has 0 radical (unpaired) electrons. The van der Waals surface area contributed by atoms with Crippen molar-refractivity contribution in [2.24, 2.45) is 4.99 Å². The van der Waals surface area contributed by atoms with E-state index in [-0.39, 0.29) is 18.1 Å². The molecule has 4 nitrogen and oxygen atoms in total. The molecule has 1 aliphatic heterocycles. The third-order valence-electron chi connectivity index (χ3n) is 4.10. The molecule has 1 fully saturated rings. The van der Waals surface area contributed by atoms with Gasteiger partial charge in [-0.25, -0.2) is 4.99 Å². The van der Waals surface area contributed by atoms with Gasteiger partial charge in [0.1, 0.15) is 0 Å². The maximum Gasteiger partial charge on any atom is 0.247 e. The van der Waals surface area contributed by atoms with Crippen LogP contribution in [-0.2, 0) is 4.79 Å². The van der Waals surface area contributed by atoms with Gasteiger partial charge in [0, 0.05) is 6.42 Å². The molecule has 0 spiro atoms. The van der Waals surface area contributed by atoms with Gasteiger partial charge in [-0.15, -0.1) is 11.3 Å². The van der Waals surface area contributed by atoms with E-state index in [0.717, 1.165) is 11.4 Å². The van der Waals surface area contributed by atoms with Gasteiger partial charge >= 0.3 is 0 Å². The number of thioether (sulfide) groups is 1. The lowest BCUT2D eigenvalue weighted by Crippen LogP contribution is -2.32. The first-order chi connectivity index (χ1) is 13.2. The van der Waals surface area contributed by atoms with Crippen LogP contribution in [0.15, 0.2) is 83.2 Å². The number of hydrogen-bond donors (Lipinski definition) is 0. The summed E-state index contributed by atoms with van der Waals surface area (Å²) >= 11 is 2.75. The Labute approximate surface area is 165 Å². The minimum absolute atomic E-state index is 0.00942. The maximum atomic E-state index is 13.1. The molecule has 2 heterocycles. The molecule has 0 aliphatic carbocycles. The second-order valence-electron chi connectivity index (χ2n) is 5.95. The summed E-state index contributed by atoms with van der Waals surface area (Å²) in [6.07, 6.45) is 0.168. The molecule has 3 aromatic rings. The number of benzene rings is 2. The van der Waals surface area contributed by atoms with Crippen molar-refractivity contribution in [3.8, 4) is 0 Å². The molecule has 0 saturated carbocycles. The Morgan fingerprint density at radius 2 is 1.67 bits per heavy atom. The summed E-state index contributed by atoms with van der Waals surface area (Å²) in [5, 5.41) is 2.00. The first kappa shape index (κ1) is 17.7. The van der Waals surface area contributed by atoms with E-state index in [0.29, 0.717) is 10.0 Å². The highest BCUT2D eigenvalue weighted by Gasteiger charge is 2.40. The van der Waals surface area contributed by atoms with E-state index < -0.39 is 5.25 Å². The Hall–Kier alpha value is -2.70. The number of thiophene rings is 1. The molecule has 0 N–H and O–H groups in total. The molecule has 1 saturated heterocycles. The van der Waals surface area contributed by atoms with Crippen LogP contribution in [0.5, 0.6) is 0 Å².